The molecule has 6 nitrogen and oxygen atoms in total. The highest BCUT2D eigenvalue weighted by Crippen LogP contribution is 2.30. The van der Waals surface area contributed by atoms with Crippen molar-refractivity contribution in [3.05, 3.63) is 59.2 Å². The van der Waals surface area contributed by atoms with Gasteiger partial charge in [0.25, 0.3) is 11.8 Å². The van der Waals surface area contributed by atoms with Crippen LogP contribution in [0.5, 0.6) is 0 Å². The molecule has 0 bridgehead atoms. The summed E-state index contributed by atoms with van der Waals surface area (Å²) in [4.78, 5) is 40.2. The second-order valence-corrected chi connectivity index (χ2v) is 5.89. The molecule has 3 amide bonds. The van der Waals surface area contributed by atoms with Crippen LogP contribution >= 0.6 is 0 Å². The van der Waals surface area contributed by atoms with E-state index in [0.29, 0.717) is 6.54 Å². The van der Waals surface area contributed by atoms with E-state index in [9.17, 15) is 14.4 Å². The maximum absolute atomic E-state index is 12.6. The molecule has 2 heterocycles. The van der Waals surface area contributed by atoms with Crippen LogP contribution in [0.3, 0.4) is 0 Å². The van der Waals surface area contributed by atoms with Gasteiger partial charge < -0.3 is 10.6 Å². The Morgan fingerprint density at radius 1 is 1.04 bits per heavy atom. The monoisotopic (exact) mass is 321 g/mol. The average molecular weight is 321 g/mol. The Bertz CT molecular complexity index is 891. The zero-order valence-corrected chi connectivity index (χ0v) is 12.9. The van der Waals surface area contributed by atoms with Crippen molar-refractivity contribution in [1.82, 2.24) is 4.90 Å². The van der Waals surface area contributed by atoms with E-state index in [1.165, 1.54) is 0 Å². The lowest BCUT2D eigenvalue weighted by Gasteiger charge is -2.20. The highest BCUT2D eigenvalue weighted by Gasteiger charge is 2.39. The third kappa shape index (κ3) is 2.00. The molecule has 0 spiro atoms. The van der Waals surface area contributed by atoms with Crippen LogP contribution in [-0.2, 0) is 11.2 Å². The molecule has 0 aromatic heterocycles. The van der Waals surface area contributed by atoms with E-state index >= 15 is 0 Å². The van der Waals surface area contributed by atoms with Crippen molar-refractivity contribution in [2.45, 2.75) is 6.42 Å². The molecule has 24 heavy (non-hydrogen) atoms. The standard InChI is InChI=1S/C18H15N3O3/c19-13-6-3-5-12-16(13)18(24)21(17(12)23)10-15(22)20-9-8-11-4-1-2-7-14(11)20/h1-7H,8-10,19H2. The van der Waals surface area contributed by atoms with Crippen molar-refractivity contribution in [2.75, 3.05) is 23.7 Å². The zero-order valence-electron chi connectivity index (χ0n) is 12.9. The van der Waals surface area contributed by atoms with Crippen molar-refractivity contribution in [3.63, 3.8) is 0 Å². The molecule has 0 saturated carbocycles. The first kappa shape index (κ1) is 14.4. The number of fused-ring (bicyclic) bond motifs is 2. The molecule has 0 fully saturated rings. The van der Waals surface area contributed by atoms with Gasteiger partial charge in [-0.05, 0) is 30.2 Å². The summed E-state index contributed by atoms with van der Waals surface area (Å²) in [5, 5.41) is 0. The number of amides is 3. The first-order valence-electron chi connectivity index (χ1n) is 7.71. The lowest BCUT2D eigenvalue weighted by atomic mass is 10.1. The molecule has 2 aromatic rings. The maximum Gasteiger partial charge on any atom is 0.264 e. The van der Waals surface area contributed by atoms with Gasteiger partial charge in [-0.1, -0.05) is 24.3 Å². The Morgan fingerprint density at radius 3 is 2.62 bits per heavy atom. The lowest BCUT2D eigenvalue weighted by Crippen LogP contribution is -2.42. The summed E-state index contributed by atoms with van der Waals surface area (Å²) < 4.78 is 0. The Kier molecular flexibility index (Phi) is 3.13. The number of carbonyl (C=O) groups excluding carboxylic acids is 3. The van der Waals surface area contributed by atoms with Gasteiger partial charge in [0.15, 0.2) is 0 Å². The number of hydrogen-bond donors (Lipinski definition) is 1. The topological polar surface area (TPSA) is 83.7 Å². The number of anilines is 2. The summed E-state index contributed by atoms with van der Waals surface area (Å²) in [6.45, 7) is 0.281. The number of nitrogens with two attached hydrogens (primary N) is 1. The van der Waals surface area contributed by atoms with Crippen LogP contribution in [0.4, 0.5) is 11.4 Å². The van der Waals surface area contributed by atoms with Gasteiger partial charge in [-0.3, -0.25) is 19.3 Å². The molecule has 0 radical (unpaired) electrons. The van der Waals surface area contributed by atoms with Crippen LogP contribution in [0, 0.1) is 0 Å². The summed E-state index contributed by atoms with van der Waals surface area (Å²) in [5.41, 5.74) is 8.46. The van der Waals surface area contributed by atoms with Crippen LogP contribution < -0.4 is 10.6 Å². The summed E-state index contributed by atoms with van der Waals surface area (Å²) in [7, 11) is 0. The normalized spacial score (nSPS) is 15.7. The van der Waals surface area contributed by atoms with E-state index in [0.717, 1.165) is 22.6 Å². The van der Waals surface area contributed by atoms with Crippen LogP contribution in [0.1, 0.15) is 26.3 Å². The van der Waals surface area contributed by atoms with Crippen LogP contribution in [0.25, 0.3) is 0 Å². The highest BCUT2D eigenvalue weighted by atomic mass is 16.2. The van der Waals surface area contributed by atoms with Gasteiger partial charge in [0.1, 0.15) is 6.54 Å². The molecule has 4 rings (SSSR count). The number of rotatable bonds is 2. The van der Waals surface area contributed by atoms with Crippen molar-refractivity contribution in [2.24, 2.45) is 0 Å². The van der Waals surface area contributed by atoms with Gasteiger partial charge >= 0.3 is 0 Å². The van der Waals surface area contributed by atoms with Crippen molar-refractivity contribution in [3.8, 4) is 0 Å². The van der Waals surface area contributed by atoms with Crippen molar-refractivity contribution < 1.29 is 14.4 Å². The molecule has 2 N–H and O–H groups in total. The zero-order chi connectivity index (χ0) is 16.8. The van der Waals surface area contributed by atoms with Gasteiger partial charge in [-0.15, -0.1) is 0 Å². The molecule has 0 atom stereocenters. The number of nitrogen functional groups attached to an aromatic ring is 1. The summed E-state index contributed by atoms with van der Waals surface area (Å²) in [5.74, 6) is -1.25. The van der Waals surface area contributed by atoms with E-state index in [2.05, 4.69) is 0 Å². The van der Waals surface area contributed by atoms with Gasteiger partial charge in [0.2, 0.25) is 5.91 Å². The fraction of sp³-hybridized carbons (Fsp3) is 0.167. The molecule has 2 aliphatic rings. The Hall–Kier alpha value is -3.15. The summed E-state index contributed by atoms with van der Waals surface area (Å²) >= 11 is 0. The largest absolute Gasteiger partial charge is 0.398 e. The lowest BCUT2D eigenvalue weighted by molar-refractivity contribution is -0.118. The number of carbonyl (C=O) groups is 3. The van der Waals surface area contributed by atoms with Crippen molar-refractivity contribution >= 4 is 29.1 Å². The molecule has 2 aliphatic heterocycles. The van der Waals surface area contributed by atoms with E-state index in [1.54, 1.807) is 23.1 Å². The third-order valence-corrected chi connectivity index (χ3v) is 4.51. The fourth-order valence-corrected chi connectivity index (χ4v) is 3.32. The molecule has 0 saturated heterocycles. The van der Waals surface area contributed by atoms with E-state index in [-0.39, 0.29) is 29.3 Å². The molecule has 6 heteroatoms. The van der Waals surface area contributed by atoms with Gasteiger partial charge in [-0.2, -0.15) is 0 Å². The van der Waals surface area contributed by atoms with Crippen LogP contribution in [0.2, 0.25) is 0 Å². The van der Waals surface area contributed by atoms with Gasteiger partial charge in [0, 0.05) is 17.9 Å². The van der Waals surface area contributed by atoms with E-state index < -0.39 is 11.8 Å². The minimum absolute atomic E-state index is 0.192. The van der Waals surface area contributed by atoms with Crippen LogP contribution in [0.15, 0.2) is 42.5 Å². The molecule has 2 aromatic carbocycles. The molecular weight excluding hydrogens is 306 g/mol. The first-order chi connectivity index (χ1) is 11.6. The highest BCUT2D eigenvalue weighted by molar-refractivity contribution is 6.24. The predicted molar refractivity (Wildman–Crippen MR) is 88.7 cm³/mol. The Labute approximate surface area is 138 Å². The fourth-order valence-electron chi connectivity index (χ4n) is 3.32. The summed E-state index contributed by atoms with van der Waals surface area (Å²) in [6, 6.07) is 12.4. The Morgan fingerprint density at radius 2 is 1.83 bits per heavy atom. The minimum atomic E-state index is -0.506. The molecular formula is C18H15N3O3. The summed E-state index contributed by atoms with van der Waals surface area (Å²) in [6.07, 6.45) is 0.775. The second-order valence-electron chi connectivity index (χ2n) is 5.89. The average Bonchev–Trinajstić information content (AvgIpc) is 3.11. The molecule has 0 unspecified atom stereocenters. The maximum atomic E-state index is 12.6. The Balaban J connectivity index is 1.59. The second kappa shape index (κ2) is 5.19. The van der Waals surface area contributed by atoms with E-state index in [1.807, 2.05) is 24.3 Å². The number of nitrogens with zero attached hydrogens (tertiary/aromatic N) is 2. The van der Waals surface area contributed by atoms with Gasteiger partial charge in [-0.25, -0.2) is 0 Å². The third-order valence-electron chi connectivity index (χ3n) is 4.51. The minimum Gasteiger partial charge on any atom is -0.398 e. The number of benzene rings is 2. The quantitative estimate of drug-likeness (QED) is 0.670. The first-order valence-corrected chi connectivity index (χ1v) is 7.71. The predicted octanol–water partition coefficient (Wildman–Crippen LogP) is 1.45. The number of para-hydroxylation sites is 1. The number of hydrogen-bond acceptors (Lipinski definition) is 4. The van der Waals surface area contributed by atoms with Crippen molar-refractivity contribution in [1.29, 1.82) is 0 Å². The smallest absolute Gasteiger partial charge is 0.264 e. The molecule has 0 aliphatic carbocycles. The van der Waals surface area contributed by atoms with Gasteiger partial charge in [0.05, 0.1) is 11.1 Å². The molecule has 120 valence electrons. The SMILES string of the molecule is Nc1cccc2c1C(=O)N(CC(=O)N1CCc3ccccc31)C2=O. The van der Waals surface area contributed by atoms with Crippen LogP contribution in [-0.4, -0.2) is 35.7 Å². The van der Waals surface area contributed by atoms with E-state index in [4.69, 9.17) is 5.73 Å². The number of imide groups is 1.